The van der Waals surface area contributed by atoms with Gasteiger partial charge in [-0.15, -0.1) is 0 Å². The number of nitrogens with zero attached hydrogens (tertiary/aromatic N) is 4. The quantitative estimate of drug-likeness (QED) is 0.207. The van der Waals surface area contributed by atoms with Gasteiger partial charge in [-0.25, -0.2) is 24.5 Å². The molecule has 0 aromatic carbocycles. The van der Waals surface area contributed by atoms with E-state index in [1.54, 1.807) is 20.8 Å². The van der Waals surface area contributed by atoms with E-state index < -0.39 is 23.7 Å². The van der Waals surface area contributed by atoms with E-state index >= 15 is 0 Å². The van der Waals surface area contributed by atoms with Gasteiger partial charge in [0.25, 0.3) is 0 Å². The van der Waals surface area contributed by atoms with Gasteiger partial charge in [-0.3, -0.25) is 0 Å². The Morgan fingerprint density at radius 2 is 1.87 bits per heavy atom. The van der Waals surface area contributed by atoms with Gasteiger partial charge in [-0.2, -0.15) is 0 Å². The summed E-state index contributed by atoms with van der Waals surface area (Å²) in [4.78, 5) is 42.3. The van der Waals surface area contributed by atoms with Crippen LogP contribution in [0.25, 0.3) is 0 Å². The Balaban J connectivity index is 1.38. The van der Waals surface area contributed by atoms with Gasteiger partial charge in [-0.1, -0.05) is 19.4 Å². The number of alkyl carbamates (subject to hydrolysis) is 1. The van der Waals surface area contributed by atoms with Crippen molar-refractivity contribution in [3.8, 4) is 0 Å². The number of fused-ring (bicyclic) bond motifs is 1. The van der Waals surface area contributed by atoms with Crippen LogP contribution in [-0.4, -0.2) is 84.7 Å². The number of rotatable bonds is 13. The zero-order valence-electron chi connectivity index (χ0n) is 27.8. The highest BCUT2D eigenvalue weighted by molar-refractivity contribution is 5.82. The molecule has 0 bridgehead atoms. The molecule has 12 heteroatoms. The van der Waals surface area contributed by atoms with Crippen LogP contribution in [0.15, 0.2) is 12.1 Å². The lowest BCUT2D eigenvalue weighted by Crippen LogP contribution is -2.48. The van der Waals surface area contributed by atoms with E-state index in [0.717, 1.165) is 81.1 Å². The van der Waals surface area contributed by atoms with Crippen molar-refractivity contribution in [2.75, 3.05) is 61.5 Å². The molecule has 0 saturated carbocycles. The number of esters is 1. The lowest BCUT2D eigenvalue weighted by molar-refractivity contribution is -0.156. The average molecular weight is 626 g/mol. The Morgan fingerprint density at radius 1 is 1.09 bits per heavy atom. The van der Waals surface area contributed by atoms with E-state index in [2.05, 4.69) is 44.9 Å². The molecule has 1 atom stereocenters. The second-order valence-corrected chi connectivity index (χ2v) is 12.8. The third-order valence-electron chi connectivity index (χ3n) is 7.92. The predicted octanol–water partition coefficient (Wildman–Crippen LogP) is 4.90. The highest BCUT2D eigenvalue weighted by Gasteiger charge is 2.29. The Hall–Kier alpha value is -3.67. The summed E-state index contributed by atoms with van der Waals surface area (Å²) >= 11 is 0. The van der Waals surface area contributed by atoms with Crippen molar-refractivity contribution in [1.29, 1.82) is 0 Å². The van der Waals surface area contributed by atoms with Crippen LogP contribution in [0.5, 0.6) is 0 Å². The Morgan fingerprint density at radius 3 is 2.60 bits per heavy atom. The van der Waals surface area contributed by atoms with Crippen molar-refractivity contribution < 1.29 is 23.8 Å². The van der Waals surface area contributed by atoms with Crippen LogP contribution in [0.3, 0.4) is 0 Å². The number of pyridine rings is 1. The summed E-state index contributed by atoms with van der Waals surface area (Å²) in [7, 11) is 0. The molecule has 4 heterocycles. The highest BCUT2D eigenvalue weighted by atomic mass is 16.6. The first kappa shape index (κ1) is 34.2. The molecule has 2 aromatic heterocycles. The first-order chi connectivity index (χ1) is 21.5. The Labute approximate surface area is 267 Å². The molecule has 0 radical (unpaired) electrons. The molecule has 45 heavy (non-hydrogen) atoms. The van der Waals surface area contributed by atoms with Crippen molar-refractivity contribution in [2.45, 2.75) is 97.6 Å². The van der Waals surface area contributed by atoms with Crippen LogP contribution in [0, 0.1) is 13.8 Å². The summed E-state index contributed by atoms with van der Waals surface area (Å²) in [5.41, 5.74) is 2.62. The molecule has 0 spiro atoms. The summed E-state index contributed by atoms with van der Waals surface area (Å²) in [5, 5.41) is 9.37. The average Bonchev–Trinajstić information content (AvgIpc) is 3.01. The summed E-state index contributed by atoms with van der Waals surface area (Å²) in [6, 6.07) is 3.43. The number of hydrogen-bond acceptors (Lipinski definition) is 11. The molecule has 248 valence electrons. The molecule has 1 fully saturated rings. The van der Waals surface area contributed by atoms with Crippen molar-refractivity contribution in [3.05, 3.63) is 34.8 Å². The topological polar surface area (TPSA) is 140 Å². The number of carbonyl (C=O) groups is 2. The third-order valence-corrected chi connectivity index (χ3v) is 7.92. The predicted molar refractivity (Wildman–Crippen MR) is 175 cm³/mol. The minimum absolute atomic E-state index is 0.0633. The minimum atomic E-state index is -0.995. The monoisotopic (exact) mass is 625 g/mol. The maximum Gasteiger partial charge on any atom is 0.407 e. The molecule has 2 aliphatic rings. The van der Waals surface area contributed by atoms with Gasteiger partial charge in [0.1, 0.15) is 41.5 Å². The van der Waals surface area contributed by atoms with Crippen LogP contribution in [0.4, 0.5) is 22.2 Å². The van der Waals surface area contributed by atoms with E-state index in [9.17, 15) is 9.59 Å². The number of aryl methyl sites for hydroxylation is 2. The van der Waals surface area contributed by atoms with Gasteiger partial charge < -0.3 is 35.1 Å². The van der Waals surface area contributed by atoms with Crippen LogP contribution in [-0.2, 0) is 25.4 Å². The summed E-state index contributed by atoms with van der Waals surface area (Å²) in [6.07, 6.45) is 5.47. The fourth-order valence-corrected chi connectivity index (χ4v) is 5.54. The normalized spacial score (nSPS) is 15.9. The second-order valence-electron chi connectivity index (χ2n) is 12.8. The van der Waals surface area contributed by atoms with Gasteiger partial charge in [0, 0.05) is 50.0 Å². The number of nitrogens with one attached hydrogen (secondary N) is 3. The number of carbonyl (C=O) groups excluding carboxylic acids is 2. The maximum atomic E-state index is 13.0. The smallest absolute Gasteiger partial charge is 0.407 e. The van der Waals surface area contributed by atoms with E-state index in [1.165, 1.54) is 5.56 Å². The van der Waals surface area contributed by atoms with Gasteiger partial charge in [0.2, 0.25) is 0 Å². The van der Waals surface area contributed by atoms with Crippen LogP contribution in [0.1, 0.15) is 88.4 Å². The Bertz CT molecular complexity index is 1290. The van der Waals surface area contributed by atoms with E-state index in [1.807, 2.05) is 13.8 Å². The summed E-state index contributed by atoms with van der Waals surface area (Å²) in [6.45, 7) is 15.0. The molecule has 1 amide bonds. The second kappa shape index (κ2) is 16.1. The molecule has 4 rings (SSSR count). The standard InChI is InChI=1S/C33H51N7O5/c1-7-8-18-43-19-20-44-32(42)39-27(31(41)45-33(4,5)6)21-35-28-22(2)30(37-23(3)36-28)40-16-13-24(14-17-40)26-12-11-25-10-9-15-34-29(25)38-26/h11-12,24,27H,7-10,13-21H2,1-6H3,(H,34,38)(H,39,42)(H,35,36,37)/t27-/m0/s1. The number of amides is 1. The maximum absolute atomic E-state index is 13.0. The van der Waals surface area contributed by atoms with Crippen LogP contribution < -0.4 is 20.9 Å². The van der Waals surface area contributed by atoms with E-state index in [-0.39, 0.29) is 13.2 Å². The molecule has 2 aromatic rings. The third kappa shape index (κ3) is 10.2. The molecule has 3 N–H and O–H groups in total. The molecule has 0 aliphatic carbocycles. The lowest BCUT2D eigenvalue weighted by Gasteiger charge is -2.34. The van der Waals surface area contributed by atoms with E-state index in [0.29, 0.717) is 30.8 Å². The molecular weight excluding hydrogens is 574 g/mol. The zero-order valence-corrected chi connectivity index (χ0v) is 27.8. The van der Waals surface area contributed by atoms with Crippen LogP contribution >= 0.6 is 0 Å². The van der Waals surface area contributed by atoms with Gasteiger partial charge in [0.05, 0.1) is 6.61 Å². The van der Waals surface area contributed by atoms with Crippen LogP contribution in [0.2, 0.25) is 0 Å². The number of ether oxygens (including phenoxy) is 3. The van der Waals surface area contributed by atoms with Crippen molar-refractivity contribution in [3.63, 3.8) is 0 Å². The molecule has 12 nitrogen and oxygen atoms in total. The molecule has 1 saturated heterocycles. The van der Waals surface area contributed by atoms with Crippen molar-refractivity contribution in [1.82, 2.24) is 20.3 Å². The number of unbranched alkanes of at least 4 members (excludes halogenated alkanes) is 1. The first-order valence-electron chi connectivity index (χ1n) is 16.4. The fraction of sp³-hybridized carbons (Fsp3) is 0.667. The van der Waals surface area contributed by atoms with E-state index in [4.69, 9.17) is 24.2 Å². The molecular formula is C33H51N7O5. The summed E-state index contributed by atoms with van der Waals surface area (Å²) in [5.74, 6) is 2.97. The van der Waals surface area contributed by atoms with Gasteiger partial charge in [0.15, 0.2) is 0 Å². The largest absolute Gasteiger partial charge is 0.458 e. The van der Waals surface area contributed by atoms with Gasteiger partial charge >= 0.3 is 12.1 Å². The molecule has 0 unspecified atom stereocenters. The zero-order chi connectivity index (χ0) is 32.4. The number of hydrogen-bond donors (Lipinski definition) is 3. The number of piperidine rings is 1. The highest BCUT2D eigenvalue weighted by Crippen LogP contribution is 2.33. The number of aromatic nitrogens is 3. The minimum Gasteiger partial charge on any atom is -0.458 e. The van der Waals surface area contributed by atoms with Crippen molar-refractivity contribution in [2.24, 2.45) is 0 Å². The fourth-order valence-electron chi connectivity index (χ4n) is 5.54. The molecule has 2 aliphatic heterocycles. The first-order valence-corrected chi connectivity index (χ1v) is 16.4. The summed E-state index contributed by atoms with van der Waals surface area (Å²) < 4.78 is 16.3. The van der Waals surface area contributed by atoms with Gasteiger partial charge in [-0.05, 0) is 78.4 Å². The number of anilines is 3. The van der Waals surface area contributed by atoms with Crippen molar-refractivity contribution >= 4 is 29.5 Å². The lowest BCUT2D eigenvalue weighted by atomic mass is 9.92. The SMILES string of the molecule is CCCCOCCOC(=O)N[C@@H](CNc1nc(C)nc(N2CCC(c3ccc4c(n3)NCCC4)CC2)c1C)C(=O)OC(C)(C)C. The Kier molecular flexibility index (Phi) is 12.2.